The van der Waals surface area contributed by atoms with Gasteiger partial charge in [0.25, 0.3) is 5.91 Å². The molecule has 2 rings (SSSR count). The number of benzene rings is 2. The number of rotatable bonds is 8. The fourth-order valence-electron chi connectivity index (χ4n) is 2.69. The molecule has 0 unspecified atom stereocenters. The van der Waals surface area contributed by atoms with E-state index >= 15 is 0 Å². The van der Waals surface area contributed by atoms with Gasteiger partial charge in [-0.05, 0) is 55.7 Å². The van der Waals surface area contributed by atoms with Crippen LogP contribution in [0, 0.1) is 20.8 Å². The highest BCUT2D eigenvalue weighted by atomic mass is 16.5. The Balaban J connectivity index is 1.94. The fourth-order valence-corrected chi connectivity index (χ4v) is 2.69. The van der Waals surface area contributed by atoms with Crippen molar-refractivity contribution in [1.82, 2.24) is 5.32 Å². The highest BCUT2D eigenvalue weighted by molar-refractivity contribution is 6.03. The number of amides is 2. The lowest BCUT2D eigenvalue weighted by Gasteiger charge is -2.13. The van der Waals surface area contributed by atoms with E-state index in [2.05, 4.69) is 16.7 Å². The van der Waals surface area contributed by atoms with E-state index in [0.717, 1.165) is 22.4 Å². The molecule has 0 fully saturated rings. The van der Waals surface area contributed by atoms with E-state index in [9.17, 15) is 9.59 Å². The quantitative estimate of drug-likeness (QED) is 0.667. The molecule has 144 valence electrons. The number of aryl methyl sites for hydroxylation is 2. The SMILES string of the molecule is Cc1cc(C)c(C)c(OCCC(=O)Nc2ccccc2C(=O)NCCN)c1. The zero-order valence-corrected chi connectivity index (χ0v) is 16.1. The van der Waals surface area contributed by atoms with Gasteiger partial charge in [0.15, 0.2) is 0 Å². The second-order valence-electron chi connectivity index (χ2n) is 6.44. The molecule has 0 heterocycles. The molecule has 0 aliphatic heterocycles. The lowest BCUT2D eigenvalue weighted by atomic mass is 10.1. The van der Waals surface area contributed by atoms with Gasteiger partial charge in [0, 0.05) is 13.1 Å². The van der Waals surface area contributed by atoms with Crippen LogP contribution < -0.4 is 21.1 Å². The summed E-state index contributed by atoms with van der Waals surface area (Å²) < 4.78 is 5.78. The molecular weight excluding hydrogens is 342 g/mol. The van der Waals surface area contributed by atoms with E-state index < -0.39 is 0 Å². The van der Waals surface area contributed by atoms with Crippen LogP contribution in [0.25, 0.3) is 0 Å². The minimum Gasteiger partial charge on any atom is -0.493 e. The third kappa shape index (κ3) is 5.82. The summed E-state index contributed by atoms with van der Waals surface area (Å²) in [4.78, 5) is 24.4. The topological polar surface area (TPSA) is 93.4 Å². The van der Waals surface area contributed by atoms with Crippen LogP contribution in [-0.4, -0.2) is 31.5 Å². The van der Waals surface area contributed by atoms with Gasteiger partial charge >= 0.3 is 0 Å². The maximum atomic E-state index is 12.3. The summed E-state index contributed by atoms with van der Waals surface area (Å²) in [6.45, 7) is 7.05. The third-order valence-electron chi connectivity index (χ3n) is 4.23. The minimum atomic E-state index is -0.265. The first kappa shape index (κ1) is 20.5. The lowest BCUT2D eigenvalue weighted by Crippen LogP contribution is -2.30. The number of anilines is 1. The van der Waals surface area contributed by atoms with Crippen LogP contribution in [0.1, 0.15) is 33.5 Å². The van der Waals surface area contributed by atoms with Crippen LogP contribution in [0.4, 0.5) is 5.69 Å². The summed E-state index contributed by atoms with van der Waals surface area (Å²) in [6.07, 6.45) is 0.186. The zero-order chi connectivity index (χ0) is 19.8. The number of hydrogen-bond acceptors (Lipinski definition) is 4. The Morgan fingerprint density at radius 1 is 1.11 bits per heavy atom. The van der Waals surface area contributed by atoms with Crippen LogP contribution in [0.3, 0.4) is 0 Å². The second kappa shape index (κ2) is 9.73. The van der Waals surface area contributed by atoms with Gasteiger partial charge in [0.2, 0.25) is 5.91 Å². The van der Waals surface area contributed by atoms with E-state index in [-0.39, 0.29) is 24.8 Å². The van der Waals surface area contributed by atoms with Crippen molar-refractivity contribution in [3.05, 3.63) is 58.7 Å². The molecule has 27 heavy (non-hydrogen) atoms. The normalized spacial score (nSPS) is 10.4. The predicted molar refractivity (Wildman–Crippen MR) is 107 cm³/mol. The molecule has 0 atom stereocenters. The highest BCUT2D eigenvalue weighted by Crippen LogP contribution is 2.23. The average Bonchev–Trinajstić information content (AvgIpc) is 2.64. The molecule has 2 aromatic carbocycles. The Labute approximate surface area is 160 Å². The van der Waals surface area contributed by atoms with Crippen LogP contribution in [0.5, 0.6) is 5.75 Å². The van der Waals surface area contributed by atoms with E-state index in [1.807, 2.05) is 26.8 Å². The predicted octanol–water partition coefficient (Wildman–Crippen LogP) is 2.71. The van der Waals surface area contributed by atoms with Crippen molar-refractivity contribution in [3.8, 4) is 5.75 Å². The molecule has 2 aromatic rings. The van der Waals surface area contributed by atoms with Gasteiger partial charge in [-0.25, -0.2) is 0 Å². The Bertz CT molecular complexity index is 818. The first-order chi connectivity index (χ1) is 12.9. The zero-order valence-electron chi connectivity index (χ0n) is 16.1. The van der Waals surface area contributed by atoms with Gasteiger partial charge in [-0.1, -0.05) is 18.2 Å². The van der Waals surface area contributed by atoms with Crippen molar-refractivity contribution >= 4 is 17.5 Å². The smallest absolute Gasteiger partial charge is 0.253 e. The van der Waals surface area contributed by atoms with Crippen molar-refractivity contribution in [1.29, 1.82) is 0 Å². The summed E-state index contributed by atoms with van der Waals surface area (Å²) in [5.74, 6) is 0.316. The molecule has 6 heteroatoms. The number of para-hydroxylation sites is 1. The van der Waals surface area contributed by atoms with Crippen LogP contribution >= 0.6 is 0 Å². The van der Waals surface area contributed by atoms with Crippen molar-refractivity contribution in [2.75, 3.05) is 25.0 Å². The van der Waals surface area contributed by atoms with Gasteiger partial charge < -0.3 is 21.1 Å². The molecule has 0 bridgehead atoms. The van der Waals surface area contributed by atoms with E-state index in [1.165, 1.54) is 0 Å². The molecule has 0 saturated heterocycles. The summed E-state index contributed by atoms with van der Waals surface area (Å²) in [7, 11) is 0. The van der Waals surface area contributed by atoms with Crippen molar-refractivity contribution in [3.63, 3.8) is 0 Å². The maximum absolute atomic E-state index is 12.3. The van der Waals surface area contributed by atoms with E-state index in [1.54, 1.807) is 24.3 Å². The van der Waals surface area contributed by atoms with Gasteiger partial charge in [0.05, 0.1) is 24.3 Å². The molecule has 0 radical (unpaired) electrons. The van der Waals surface area contributed by atoms with E-state index in [0.29, 0.717) is 24.3 Å². The molecule has 0 spiro atoms. The minimum absolute atomic E-state index is 0.186. The maximum Gasteiger partial charge on any atom is 0.253 e. The molecule has 0 aliphatic carbocycles. The van der Waals surface area contributed by atoms with Crippen molar-refractivity contribution in [2.24, 2.45) is 5.73 Å². The number of hydrogen-bond donors (Lipinski definition) is 3. The molecule has 0 aliphatic rings. The standard InChI is InChI=1S/C21H27N3O3/c1-14-12-15(2)16(3)19(13-14)27-11-8-20(25)24-18-7-5-4-6-17(18)21(26)23-10-9-22/h4-7,12-13H,8-11,22H2,1-3H3,(H,23,26)(H,24,25). The Morgan fingerprint density at radius 2 is 1.85 bits per heavy atom. The number of ether oxygens (including phenoxy) is 1. The molecule has 6 nitrogen and oxygen atoms in total. The van der Waals surface area contributed by atoms with Crippen LogP contribution in [0.2, 0.25) is 0 Å². The molecule has 2 amide bonds. The lowest BCUT2D eigenvalue weighted by molar-refractivity contribution is -0.116. The summed E-state index contributed by atoms with van der Waals surface area (Å²) in [6, 6.07) is 10.9. The van der Waals surface area contributed by atoms with Gasteiger partial charge in [-0.15, -0.1) is 0 Å². The monoisotopic (exact) mass is 369 g/mol. The van der Waals surface area contributed by atoms with E-state index in [4.69, 9.17) is 10.5 Å². The Kier molecular flexibility index (Phi) is 7.37. The number of carbonyl (C=O) groups is 2. The number of carbonyl (C=O) groups excluding carboxylic acids is 2. The summed E-state index contributed by atoms with van der Waals surface area (Å²) in [5, 5.41) is 5.48. The molecule has 4 N–H and O–H groups in total. The van der Waals surface area contributed by atoms with Crippen LogP contribution in [0.15, 0.2) is 36.4 Å². The van der Waals surface area contributed by atoms with Crippen LogP contribution in [-0.2, 0) is 4.79 Å². The first-order valence-electron chi connectivity index (χ1n) is 9.00. The van der Waals surface area contributed by atoms with Crippen molar-refractivity contribution < 1.29 is 14.3 Å². The highest BCUT2D eigenvalue weighted by Gasteiger charge is 2.13. The Hall–Kier alpha value is -2.86. The molecule has 0 saturated carbocycles. The number of nitrogens with two attached hydrogens (primary N) is 1. The average molecular weight is 369 g/mol. The Morgan fingerprint density at radius 3 is 2.59 bits per heavy atom. The molecule has 0 aromatic heterocycles. The van der Waals surface area contributed by atoms with Gasteiger partial charge in [0.1, 0.15) is 5.75 Å². The third-order valence-corrected chi connectivity index (χ3v) is 4.23. The van der Waals surface area contributed by atoms with Gasteiger partial charge in [-0.2, -0.15) is 0 Å². The first-order valence-corrected chi connectivity index (χ1v) is 9.00. The second-order valence-corrected chi connectivity index (χ2v) is 6.44. The number of nitrogens with one attached hydrogen (secondary N) is 2. The fraction of sp³-hybridized carbons (Fsp3) is 0.333. The van der Waals surface area contributed by atoms with Gasteiger partial charge in [-0.3, -0.25) is 9.59 Å². The largest absolute Gasteiger partial charge is 0.493 e. The summed E-state index contributed by atoms with van der Waals surface area (Å²) >= 11 is 0. The molecular formula is C21H27N3O3. The van der Waals surface area contributed by atoms with Crippen molar-refractivity contribution in [2.45, 2.75) is 27.2 Å². The summed E-state index contributed by atoms with van der Waals surface area (Å²) in [5.41, 5.74) is 9.64.